The second kappa shape index (κ2) is 7.21. The number of methoxy groups -OCH3 is 2. The van der Waals surface area contributed by atoms with Crippen LogP contribution in [0.4, 0.5) is 11.4 Å². The number of hydrogen-bond donors (Lipinski definition) is 1. The molecule has 2 N–H and O–H groups in total. The Morgan fingerprint density at radius 1 is 1.05 bits per heavy atom. The maximum atomic E-state index is 6.13. The summed E-state index contributed by atoms with van der Waals surface area (Å²) in [7, 11) is 3.36. The van der Waals surface area contributed by atoms with E-state index in [-0.39, 0.29) is 0 Å². The monoisotopic (exact) mass is 282 g/mol. The fourth-order valence-electron chi connectivity index (χ4n) is 2.12. The fraction of sp³-hybridized carbons (Fsp3) is 0.571. The third-order valence-electron chi connectivity index (χ3n) is 3.16. The van der Waals surface area contributed by atoms with E-state index < -0.39 is 0 Å². The van der Waals surface area contributed by atoms with Crippen molar-refractivity contribution >= 4 is 11.4 Å². The van der Waals surface area contributed by atoms with Crippen LogP contribution < -0.4 is 20.1 Å². The van der Waals surface area contributed by atoms with Crippen molar-refractivity contribution in [2.45, 2.75) is 0 Å². The van der Waals surface area contributed by atoms with E-state index in [2.05, 4.69) is 4.90 Å². The quantitative estimate of drug-likeness (QED) is 0.757. The van der Waals surface area contributed by atoms with Gasteiger partial charge in [0.1, 0.15) is 13.2 Å². The highest BCUT2D eigenvalue weighted by Gasteiger charge is 2.18. The first-order chi connectivity index (χ1) is 9.76. The van der Waals surface area contributed by atoms with Gasteiger partial charge in [-0.2, -0.15) is 0 Å². The molecule has 0 radical (unpaired) electrons. The van der Waals surface area contributed by atoms with Crippen molar-refractivity contribution < 1.29 is 18.9 Å². The van der Waals surface area contributed by atoms with Gasteiger partial charge in [-0.3, -0.25) is 0 Å². The molecule has 0 atom stereocenters. The number of fused-ring (bicyclic) bond motifs is 1. The predicted octanol–water partition coefficient (Wildman–Crippen LogP) is 1.14. The number of benzene rings is 1. The second-order valence-corrected chi connectivity index (χ2v) is 4.53. The van der Waals surface area contributed by atoms with E-state index in [0.29, 0.717) is 37.9 Å². The van der Waals surface area contributed by atoms with E-state index >= 15 is 0 Å². The number of rotatable bonds is 7. The van der Waals surface area contributed by atoms with E-state index in [0.717, 1.165) is 24.5 Å². The Bertz CT molecular complexity index is 431. The highest BCUT2D eigenvalue weighted by atomic mass is 16.6. The van der Waals surface area contributed by atoms with Crippen molar-refractivity contribution in [3.05, 3.63) is 12.1 Å². The summed E-state index contributed by atoms with van der Waals surface area (Å²) in [5, 5.41) is 0. The molecule has 1 aliphatic rings. The van der Waals surface area contributed by atoms with Crippen LogP contribution >= 0.6 is 0 Å². The zero-order chi connectivity index (χ0) is 14.4. The van der Waals surface area contributed by atoms with Gasteiger partial charge < -0.3 is 29.6 Å². The molecule has 2 rings (SSSR count). The average molecular weight is 282 g/mol. The summed E-state index contributed by atoms with van der Waals surface area (Å²) in [4.78, 5) is 2.13. The molecule has 0 spiro atoms. The van der Waals surface area contributed by atoms with Gasteiger partial charge in [0, 0.05) is 39.4 Å². The number of nitrogens with two attached hydrogens (primary N) is 1. The van der Waals surface area contributed by atoms with Crippen molar-refractivity contribution in [2.75, 3.05) is 64.4 Å². The summed E-state index contributed by atoms with van der Waals surface area (Å²) >= 11 is 0. The van der Waals surface area contributed by atoms with E-state index in [1.165, 1.54) is 0 Å². The minimum Gasteiger partial charge on any atom is -0.486 e. The lowest BCUT2D eigenvalue weighted by atomic mass is 10.2. The minimum atomic E-state index is 0.558. The maximum Gasteiger partial charge on any atom is 0.163 e. The van der Waals surface area contributed by atoms with Gasteiger partial charge in [-0.15, -0.1) is 0 Å². The summed E-state index contributed by atoms with van der Waals surface area (Å²) in [6.07, 6.45) is 0. The first-order valence-electron chi connectivity index (χ1n) is 6.68. The predicted molar refractivity (Wildman–Crippen MR) is 77.8 cm³/mol. The average Bonchev–Trinajstić information content (AvgIpc) is 2.47. The van der Waals surface area contributed by atoms with Crippen LogP contribution in [0.5, 0.6) is 11.5 Å². The number of hydrogen-bond acceptors (Lipinski definition) is 6. The first-order valence-corrected chi connectivity index (χ1v) is 6.68. The lowest BCUT2D eigenvalue weighted by Crippen LogP contribution is -2.31. The zero-order valence-corrected chi connectivity index (χ0v) is 12.1. The molecule has 6 nitrogen and oxygen atoms in total. The highest BCUT2D eigenvalue weighted by Crippen LogP contribution is 2.38. The third kappa shape index (κ3) is 3.46. The standard InChI is InChI=1S/C14H22N2O4/c1-17-5-3-16(4-6-18-2)12-10-14-13(9-11(12)15)19-7-8-20-14/h9-10H,3-8,15H2,1-2H3. The van der Waals surface area contributed by atoms with Crippen LogP contribution in [0.2, 0.25) is 0 Å². The normalized spacial score (nSPS) is 13.3. The molecule has 20 heavy (non-hydrogen) atoms. The second-order valence-electron chi connectivity index (χ2n) is 4.53. The van der Waals surface area contributed by atoms with Crippen molar-refractivity contribution in [1.82, 2.24) is 0 Å². The summed E-state index contributed by atoms with van der Waals surface area (Å²) in [5.41, 5.74) is 7.72. The number of nitrogen functional groups attached to an aromatic ring is 1. The number of nitrogens with zero attached hydrogens (tertiary/aromatic N) is 1. The molecule has 0 saturated heterocycles. The van der Waals surface area contributed by atoms with Crippen molar-refractivity contribution in [3.8, 4) is 11.5 Å². The minimum absolute atomic E-state index is 0.558. The van der Waals surface area contributed by atoms with Crippen molar-refractivity contribution in [1.29, 1.82) is 0 Å². The molecule has 6 heteroatoms. The van der Waals surface area contributed by atoms with Gasteiger partial charge in [0.15, 0.2) is 11.5 Å². The van der Waals surface area contributed by atoms with Crippen molar-refractivity contribution in [2.24, 2.45) is 0 Å². The molecule has 1 aromatic carbocycles. The van der Waals surface area contributed by atoms with Crippen LogP contribution in [-0.2, 0) is 9.47 Å². The van der Waals surface area contributed by atoms with Crippen LogP contribution in [0.15, 0.2) is 12.1 Å². The Morgan fingerprint density at radius 3 is 2.15 bits per heavy atom. The van der Waals surface area contributed by atoms with E-state index in [9.17, 15) is 0 Å². The van der Waals surface area contributed by atoms with Gasteiger partial charge >= 0.3 is 0 Å². The summed E-state index contributed by atoms with van der Waals surface area (Å²) in [6.45, 7) is 3.85. The van der Waals surface area contributed by atoms with E-state index in [1.54, 1.807) is 14.2 Å². The Hall–Kier alpha value is -1.66. The summed E-state index contributed by atoms with van der Waals surface area (Å²) < 4.78 is 21.4. The van der Waals surface area contributed by atoms with Crippen LogP contribution in [0, 0.1) is 0 Å². The van der Waals surface area contributed by atoms with Gasteiger partial charge in [-0.1, -0.05) is 0 Å². The first kappa shape index (κ1) is 14.7. The van der Waals surface area contributed by atoms with Crippen LogP contribution in [-0.4, -0.2) is 53.7 Å². The Labute approximate surface area is 119 Å². The largest absolute Gasteiger partial charge is 0.486 e. The number of ether oxygens (including phenoxy) is 4. The van der Waals surface area contributed by atoms with Crippen LogP contribution in [0.1, 0.15) is 0 Å². The molecule has 0 aromatic heterocycles. The summed E-state index contributed by atoms with van der Waals surface area (Å²) in [6, 6.07) is 3.74. The molecular formula is C14H22N2O4. The molecule has 1 aliphatic heterocycles. The van der Waals surface area contributed by atoms with Gasteiger partial charge in [0.25, 0.3) is 0 Å². The van der Waals surface area contributed by atoms with Crippen LogP contribution in [0.25, 0.3) is 0 Å². The number of anilines is 2. The topological polar surface area (TPSA) is 66.2 Å². The van der Waals surface area contributed by atoms with Gasteiger partial charge in [0.05, 0.1) is 24.6 Å². The Balaban J connectivity index is 2.21. The smallest absolute Gasteiger partial charge is 0.163 e. The summed E-state index contributed by atoms with van der Waals surface area (Å²) in [5.74, 6) is 1.44. The molecule has 0 fully saturated rings. The molecular weight excluding hydrogens is 260 g/mol. The lowest BCUT2D eigenvalue weighted by molar-refractivity contribution is 0.171. The lowest BCUT2D eigenvalue weighted by Gasteiger charge is -2.28. The molecule has 0 aliphatic carbocycles. The highest BCUT2D eigenvalue weighted by molar-refractivity contribution is 5.73. The Kier molecular flexibility index (Phi) is 5.31. The Morgan fingerprint density at radius 2 is 1.60 bits per heavy atom. The zero-order valence-electron chi connectivity index (χ0n) is 12.1. The molecule has 0 amide bonds. The SMILES string of the molecule is COCCN(CCOC)c1cc2c(cc1N)OCCO2. The van der Waals surface area contributed by atoms with Gasteiger partial charge in [0.2, 0.25) is 0 Å². The van der Waals surface area contributed by atoms with E-state index in [4.69, 9.17) is 24.7 Å². The maximum absolute atomic E-state index is 6.13. The van der Waals surface area contributed by atoms with Crippen LogP contribution in [0.3, 0.4) is 0 Å². The fourth-order valence-corrected chi connectivity index (χ4v) is 2.12. The van der Waals surface area contributed by atoms with Gasteiger partial charge in [-0.05, 0) is 0 Å². The van der Waals surface area contributed by atoms with Crippen molar-refractivity contribution in [3.63, 3.8) is 0 Å². The molecule has 0 bridgehead atoms. The molecule has 0 unspecified atom stereocenters. The van der Waals surface area contributed by atoms with E-state index in [1.807, 2.05) is 12.1 Å². The van der Waals surface area contributed by atoms with Gasteiger partial charge in [-0.25, -0.2) is 0 Å². The molecule has 0 saturated carbocycles. The third-order valence-corrected chi connectivity index (χ3v) is 3.16. The molecule has 1 aromatic rings. The molecule has 1 heterocycles. The molecule has 112 valence electrons.